The molecule has 1 heteroatoms. The molecule has 1 aliphatic rings. The number of hydrogen-bond donors (Lipinski definition) is 1. The molecule has 0 saturated heterocycles. The van der Waals surface area contributed by atoms with Gasteiger partial charge in [-0.15, -0.1) is 0 Å². The molecule has 0 bridgehead atoms. The molecule has 0 radical (unpaired) electrons. The Morgan fingerprint density at radius 1 is 0.917 bits per heavy atom. The quantitative estimate of drug-likeness (QED) is 0.650. The molecule has 128 valence electrons. The zero-order valence-electron chi connectivity index (χ0n) is 14.9. The second-order valence-corrected chi connectivity index (χ2v) is 7.37. The summed E-state index contributed by atoms with van der Waals surface area (Å²) in [6.45, 7) is 2.24. The second-order valence-electron chi connectivity index (χ2n) is 7.37. The van der Waals surface area contributed by atoms with Crippen LogP contribution in [0.2, 0.25) is 0 Å². The van der Waals surface area contributed by atoms with Crippen molar-refractivity contribution >= 4 is 0 Å². The molecule has 3 rings (SSSR count). The van der Waals surface area contributed by atoms with Crippen LogP contribution in [0.15, 0.2) is 54.6 Å². The van der Waals surface area contributed by atoms with E-state index in [9.17, 15) is 5.11 Å². The first-order valence-corrected chi connectivity index (χ1v) is 9.58. The van der Waals surface area contributed by atoms with Crippen molar-refractivity contribution in [1.29, 1.82) is 0 Å². The lowest BCUT2D eigenvalue weighted by Gasteiger charge is -2.36. The van der Waals surface area contributed by atoms with E-state index < -0.39 is 5.60 Å². The van der Waals surface area contributed by atoms with E-state index in [-0.39, 0.29) is 0 Å². The Bertz CT molecular complexity index is 606. The normalized spacial score (nSPS) is 24.0. The number of unbranched alkanes of at least 4 members (excludes halogenated alkanes) is 2. The summed E-state index contributed by atoms with van der Waals surface area (Å²) in [5, 5.41) is 11.1. The van der Waals surface area contributed by atoms with Gasteiger partial charge in [0.1, 0.15) is 0 Å². The molecule has 0 atom stereocenters. The van der Waals surface area contributed by atoms with Crippen molar-refractivity contribution in [2.45, 2.75) is 69.8 Å². The predicted octanol–water partition coefficient (Wildman–Crippen LogP) is 5.96. The largest absolute Gasteiger partial charge is 0.385 e. The number of rotatable bonds is 6. The van der Waals surface area contributed by atoms with Gasteiger partial charge >= 0.3 is 0 Å². The topological polar surface area (TPSA) is 20.2 Å². The summed E-state index contributed by atoms with van der Waals surface area (Å²) in [7, 11) is 0. The molecule has 0 spiro atoms. The number of benzene rings is 2. The summed E-state index contributed by atoms with van der Waals surface area (Å²) >= 11 is 0. The fraction of sp³-hybridized carbons (Fsp3) is 0.478. The average Bonchev–Trinajstić information content (AvgIpc) is 2.64. The van der Waals surface area contributed by atoms with Crippen LogP contribution in [0.25, 0.3) is 0 Å². The van der Waals surface area contributed by atoms with Crippen LogP contribution in [0, 0.1) is 0 Å². The number of aryl methyl sites for hydroxylation is 1. The van der Waals surface area contributed by atoms with Crippen molar-refractivity contribution in [3.05, 3.63) is 71.3 Å². The molecule has 0 aliphatic heterocycles. The Hall–Kier alpha value is -1.60. The lowest BCUT2D eigenvalue weighted by atomic mass is 9.73. The third kappa shape index (κ3) is 4.08. The van der Waals surface area contributed by atoms with Gasteiger partial charge in [0.25, 0.3) is 0 Å². The van der Waals surface area contributed by atoms with Crippen LogP contribution in [-0.2, 0) is 12.0 Å². The minimum Gasteiger partial charge on any atom is -0.385 e. The highest BCUT2D eigenvalue weighted by Crippen LogP contribution is 2.43. The van der Waals surface area contributed by atoms with Gasteiger partial charge in [-0.1, -0.05) is 74.4 Å². The fourth-order valence-electron chi connectivity index (χ4n) is 4.00. The smallest absolute Gasteiger partial charge is 0.0897 e. The molecule has 1 nitrogen and oxygen atoms in total. The summed E-state index contributed by atoms with van der Waals surface area (Å²) in [5.41, 5.74) is 3.29. The summed E-state index contributed by atoms with van der Waals surface area (Å²) in [5.74, 6) is 0.597. The third-order valence-electron chi connectivity index (χ3n) is 5.64. The molecule has 1 aliphatic carbocycles. The van der Waals surface area contributed by atoms with Gasteiger partial charge in [-0.3, -0.25) is 0 Å². The molecule has 24 heavy (non-hydrogen) atoms. The van der Waals surface area contributed by atoms with E-state index >= 15 is 0 Å². The minimum absolute atomic E-state index is 0.597. The summed E-state index contributed by atoms with van der Waals surface area (Å²) in [6.07, 6.45) is 8.84. The summed E-state index contributed by atoms with van der Waals surface area (Å²) in [4.78, 5) is 0. The Balaban J connectivity index is 1.61. The molecule has 1 fully saturated rings. The van der Waals surface area contributed by atoms with Crippen LogP contribution in [-0.4, -0.2) is 5.11 Å². The predicted molar refractivity (Wildman–Crippen MR) is 101 cm³/mol. The van der Waals surface area contributed by atoms with Crippen LogP contribution in [0.3, 0.4) is 0 Å². The zero-order chi connectivity index (χ0) is 16.8. The van der Waals surface area contributed by atoms with Crippen molar-refractivity contribution < 1.29 is 5.11 Å². The lowest BCUT2D eigenvalue weighted by Crippen LogP contribution is -2.30. The second kappa shape index (κ2) is 7.98. The maximum atomic E-state index is 11.1. The van der Waals surface area contributed by atoms with E-state index in [0.29, 0.717) is 5.92 Å². The highest BCUT2D eigenvalue weighted by Gasteiger charge is 2.35. The van der Waals surface area contributed by atoms with Gasteiger partial charge in [-0.2, -0.15) is 0 Å². The molecule has 2 aromatic rings. The first-order chi connectivity index (χ1) is 11.7. The maximum absolute atomic E-state index is 11.1. The van der Waals surface area contributed by atoms with Gasteiger partial charge in [0.05, 0.1) is 5.60 Å². The standard InChI is InChI=1S/C23H30O/c1-2-3-5-8-19-11-13-22(14-12-19)23(24)17-15-21(16-18-23)20-9-6-4-7-10-20/h4,6-7,9-14,21,24H,2-3,5,8,15-18H2,1H3/t21-,23+. The van der Waals surface area contributed by atoms with Crippen LogP contribution in [0.5, 0.6) is 0 Å². The van der Waals surface area contributed by atoms with E-state index in [2.05, 4.69) is 61.5 Å². The van der Waals surface area contributed by atoms with Gasteiger partial charge in [0, 0.05) is 0 Å². The molecule has 0 amide bonds. The van der Waals surface area contributed by atoms with Gasteiger partial charge < -0.3 is 5.11 Å². The Labute approximate surface area is 146 Å². The molecular formula is C23H30O. The van der Waals surface area contributed by atoms with Crippen LogP contribution in [0.1, 0.15) is 74.5 Å². The first kappa shape index (κ1) is 17.2. The lowest BCUT2D eigenvalue weighted by molar-refractivity contribution is -0.00567. The first-order valence-electron chi connectivity index (χ1n) is 9.58. The number of aliphatic hydroxyl groups is 1. The average molecular weight is 322 g/mol. The van der Waals surface area contributed by atoms with E-state index in [1.54, 1.807) is 0 Å². The van der Waals surface area contributed by atoms with E-state index in [0.717, 1.165) is 37.7 Å². The van der Waals surface area contributed by atoms with Crippen molar-refractivity contribution in [2.75, 3.05) is 0 Å². The molecule has 1 N–H and O–H groups in total. The monoisotopic (exact) mass is 322 g/mol. The van der Waals surface area contributed by atoms with Crippen molar-refractivity contribution in [3.8, 4) is 0 Å². The number of hydrogen-bond acceptors (Lipinski definition) is 1. The van der Waals surface area contributed by atoms with Gasteiger partial charge in [0.15, 0.2) is 0 Å². The van der Waals surface area contributed by atoms with Crippen LogP contribution < -0.4 is 0 Å². The van der Waals surface area contributed by atoms with Gasteiger partial charge in [0.2, 0.25) is 0 Å². The molecule has 1 saturated carbocycles. The van der Waals surface area contributed by atoms with Gasteiger partial charge in [-0.25, -0.2) is 0 Å². The van der Waals surface area contributed by atoms with Crippen molar-refractivity contribution in [3.63, 3.8) is 0 Å². The molecule has 0 aromatic heterocycles. The highest BCUT2D eigenvalue weighted by atomic mass is 16.3. The maximum Gasteiger partial charge on any atom is 0.0897 e. The van der Waals surface area contributed by atoms with Gasteiger partial charge in [-0.05, 0) is 61.1 Å². The highest BCUT2D eigenvalue weighted by molar-refractivity contribution is 5.29. The van der Waals surface area contributed by atoms with E-state index in [4.69, 9.17) is 0 Å². The summed E-state index contributed by atoms with van der Waals surface area (Å²) in [6, 6.07) is 19.5. The Morgan fingerprint density at radius 2 is 1.58 bits per heavy atom. The van der Waals surface area contributed by atoms with E-state index in [1.807, 2.05) is 0 Å². The molecular weight excluding hydrogens is 292 g/mol. The molecule has 0 unspecified atom stereocenters. The molecule has 2 aromatic carbocycles. The van der Waals surface area contributed by atoms with Crippen molar-refractivity contribution in [2.24, 2.45) is 0 Å². The minimum atomic E-state index is -0.632. The SMILES string of the molecule is CCCCCc1ccc([C@]2(O)CC[C@@H](c3ccccc3)CC2)cc1. The Morgan fingerprint density at radius 3 is 2.21 bits per heavy atom. The van der Waals surface area contributed by atoms with E-state index in [1.165, 1.54) is 30.4 Å². The Kier molecular flexibility index (Phi) is 5.73. The van der Waals surface area contributed by atoms with Crippen LogP contribution >= 0.6 is 0 Å². The fourth-order valence-corrected chi connectivity index (χ4v) is 4.00. The summed E-state index contributed by atoms with van der Waals surface area (Å²) < 4.78 is 0. The molecule has 0 heterocycles. The van der Waals surface area contributed by atoms with Crippen LogP contribution in [0.4, 0.5) is 0 Å². The third-order valence-corrected chi connectivity index (χ3v) is 5.64. The zero-order valence-corrected chi connectivity index (χ0v) is 14.9. The van der Waals surface area contributed by atoms with Crippen molar-refractivity contribution in [1.82, 2.24) is 0 Å².